The third kappa shape index (κ3) is 5.07. The molecule has 0 bridgehead atoms. The molecule has 88 valence electrons. The second-order valence-electron chi connectivity index (χ2n) is 4.10. The first-order valence-electron chi connectivity index (χ1n) is 5.39. The van der Waals surface area contributed by atoms with E-state index in [1.165, 1.54) is 0 Å². The summed E-state index contributed by atoms with van der Waals surface area (Å²) in [6.07, 6.45) is 4.00. The van der Waals surface area contributed by atoms with E-state index in [9.17, 15) is 5.11 Å². The summed E-state index contributed by atoms with van der Waals surface area (Å²) in [6, 6.07) is 10.0. The molecule has 0 aliphatic rings. The maximum atomic E-state index is 9.50. The number of nitrogens with one attached hydrogen (secondary N) is 1. The lowest BCUT2D eigenvalue weighted by atomic mass is 10.1. The summed E-state index contributed by atoms with van der Waals surface area (Å²) in [6.45, 7) is 2.41. The fourth-order valence-electron chi connectivity index (χ4n) is 1.24. The third-order valence-electron chi connectivity index (χ3n) is 2.22. The van der Waals surface area contributed by atoms with Gasteiger partial charge in [-0.1, -0.05) is 42.5 Å². The van der Waals surface area contributed by atoms with Crippen molar-refractivity contribution in [3.05, 3.63) is 42.0 Å². The van der Waals surface area contributed by atoms with Crippen LogP contribution < -0.4 is 5.32 Å². The molecule has 1 rings (SSSR count). The van der Waals surface area contributed by atoms with Crippen LogP contribution in [0.5, 0.6) is 0 Å². The summed E-state index contributed by atoms with van der Waals surface area (Å²) in [5.41, 5.74) is 0.110. The summed E-state index contributed by atoms with van der Waals surface area (Å²) >= 11 is 0. The molecule has 1 aromatic carbocycles. The zero-order chi connectivity index (χ0) is 11.9. The van der Waals surface area contributed by atoms with Crippen molar-refractivity contribution in [1.82, 2.24) is 5.32 Å². The van der Waals surface area contributed by atoms with Gasteiger partial charge in [-0.05, 0) is 12.5 Å². The Morgan fingerprint density at radius 2 is 2.00 bits per heavy atom. The minimum atomic E-state index is -1.04. The molecule has 1 aromatic rings. The molecule has 0 spiro atoms. The van der Waals surface area contributed by atoms with Gasteiger partial charge in [0.25, 0.3) is 0 Å². The van der Waals surface area contributed by atoms with Crippen molar-refractivity contribution < 1.29 is 10.2 Å². The summed E-state index contributed by atoms with van der Waals surface area (Å²) in [5.74, 6) is 0. The molecule has 0 aliphatic carbocycles. The lowest BCUT2D eigenvalue weighted by Crippen LogP contribution is -2.40. The topological polar surface area (TPSA) is 52.5 Å². The van der Waals surface area contributed by atoms with Crippen LogP contribution in [-0.2, 0) is 0 Å². The minimum Gasteiger partial charge on any atom is -0.393 e. The van der Waals surface area contributed by atoms with Gasteiger partial charge in [-0.3, -0.25) is 0 Å². The van der Waals surface area contributed by atoms with Crippen LogP contribution in [0, 0.1) is 0 Å². The van der Waals surface area contributed by atoms with Gasteiger partial charge in [0.2, 0.25) is 0 Å². The number of aliphatic hydroxyl groups is 2. The first kappa shape index (κ1) is 12.9. The van der Waals surface area contributed by atoms with Gasteiger partial charge in [-0.15, -0.1) is 0 Å². The lowest BCUT2D eigenvalue weighted by molar-refractivity contribution is 0.00350. The van der Waals surface area contributed by atoms with E-state index in [1.807, 2.05) is 42.5 Å². The average Bonchev–Trinajstić information content (AvgIpc) is 2.30. The zero-order valence-electron chi connectivity index (χ0n) is 9.56. The van der Waals surface area contributed by atoms with Gasteiger partial charge in [0, 0.05) is 13.1 Å². The SMILES string of the molecule is CC(O)(CO)CNCC=Cc1ccccc1. The van der Waals surface area contributed by atoms with Crippen LogP contribution >= 0.6 is 0 Å². The number of rotatable bonds is 6. The monoisotopic (exact) mass is 221 g/mol. The second kappa shape index (κ2) is 6.43. The molecule has 1 atom stereocenters. The van der Waals surface area contributed by atoms with E-state index in [-0.39, 0.29) is 6.61 Å². The molecule has 0 aromatic heterocycles. The molecule has 3 nitrogen and oxygen atoms in total. The van der Waals surface area contributed by atoms with Crippen LogP contribution in [0.3, 0.4) is 0 Å². The molecular weight excluding hydrogens is 202 g/mol. The Hall–Kier alpha value is -1.16. The maximum Gasteiger partial charge on any atom is 0.0972 e. The largest absolute Gasteiger partial charge is 0.393 e. The molecule has 1 unspecified atom stereocenters. The Kier molecular flexibility index (Phi) is 5.19. The fourth-order valence-corrected chi connectivity index (χ4v) is 1.24. The zero-order valence-corrected chi connectivity index (χ0v) is 9.56. The van der Waals surface area contributed by atoms with Crippen LogP contribution in [0.1, 0.15) is 12.5 Å². The third-order valence-corrected chi connectivity index (χ3v) is 2.22. The van der Waals surface area contributed by atoms with Crippen LogP contribution in [0.2, 0.25) is 0 Å². The quantitative estimate of drug-likeness (QED) is 0.629. The maximum absolute atomic E-state index is 9.50. The van der Waals surface area contributed by atoms with E-state index in [4.69, 9.17) is 5.11 Å². The minimum absolute atomic E-state index is 0.234. The standard InChI is InChI=1S/C13H19NO2/c1-13(16,11-15)10-14-9-5-8-12-6-3-2-4-7-12/h2-8,14-16H,9-11H2,1H3. The summed E-state index contributed by atoms with van der Waals surface area (Å²) < 4.78 is 0. The van der Waals surface area contributed by atoms with E-state index >= 15 is 0 Å². The first-order chi connectivity index (χ1) is 7.64. The van der Waals surface area contributed by atoms with E-state index in [0.717, 1.165) is 5.56 Å². The van der Waals surface area contributed by atoms with Crippen LogP contribution in [-0.4, -0.2) is 35.5 Å². The molecule has 0 amide bonds. The molecule has 0 aliphatic heterocycles. The highest BCUT2D eigenvalue weighted by Crippen LogP contribution is 2.01. The van der Waals surface area contributed by atoms with Crippen LogP contribution in [0.15, 0.2) is 36.4 Å². The van der Waals surface area contributed by atoms with Crippen molar-refractivity contribution in [3.63, 3.8) is 0 Å². The first-order valence-corrected chi connectivity index (χ1v) is 5.39. The van der Waals surface area contributed by atoms with Crippen molar-refractivity contribution in [2.45, 2.75) is 12.5 Å². The Balaban J connectivity index is 2.24. The molecule has 0 saturated heterocycles. The fraction of sp³-hybridized carbons (Fsp3) is 0.385. The number of hydrogen-bond acceptors (Lipinski definition) is 3. The predicted molar refractivity (Wildman–Crippen MR) is 66.1 cm³/mol. The Labute approximate surface area is 96.4 Å². The molecule has 0 heterocycles. The van der Waals surface area contributed by atoms with Gasteiger partial charge in [-0.25, -0.2) is 0 Å². The van der Waals surface area contributed by atoms with Gasteiger partial charge >= 0.3 is 0 Å². The highest BCUT2D eigenvalue weighted by Gasteiger charge is 2.17. The normalized spacial score (nSPS) is 15.2. The van der Waals surface area contributed by atoms with Gasteiger partial charge in [0.15, 0.2) is 0 Å². The van der Waals surface area contributed by atoms with E-state index in [1.54, 1.807) is 6.92 Å². The van der Waals surface area contributed by atoms with Crippen molar-refractivity contribution in [1.29, 1.82) is 0 Å². The molecule has 0 fully saturated rings. The molecular formula is C13H19NO2. The van der Waals surface area contributed by atoms with Crippen molar-refractivity contribution in [2.24, 2.45) is 0 Å². The Morgan fingerprint density at radius 3 is 2.62 bits per heavy atom. The number of aliphatic hydroxyl groups excluding tert-OH is 1. The molecule has 3 heteroatoms. The average molecular weight is 221 g/mol. The van der Waals surface area contributed by atoms with Crippen LogP contribution in [0.25, 0.3) is 6.08 Å². The molecule has 3 N–H and O–H groups in total. The highest BCUT2D eigenvalue weighted by atomic mass is 16.3. The predicted octanol–water partition coefficient (Wildman–Crippen LogP) is 1.03. The Morgan fingerprint density at radius 1 is 1.31 bits per heavy atom. The van der Waals surface area contributed by atoms with E-state index in [0.29, 0.717) is 13.1 Å². The lowest BCUT2D eigenvalue weighted by Gasteiger charge is -2.19. The molecule has 0 radical (unpaired) electrons. The number of benzene rings is 1. The molecule has 16 heavy (non-hydrogen) atoms. The van der Waals surface area contributed by atoms with Gasteiger partial charge < -0.3 is 15.5 Å². The number of hydrogen-bond donors (Lipinski definition) is 3. The van der Waals surface area contributed by atoms with E-state index < -0.39 is 5.60 Å². The molecule has 0 saturated carbocycles. The highest BCUT2D eigenvalue weighted by molar-refractivity contribution is 5.48. The van der Waals surface area contributed by atoms with Gasteiger partial charge in [0.05, 0.1) is 12.2 Å². The van der Waals surface area contributed by atoms with E-state index in [2.05, 4.69) is 5.32 Å². The summed E-state index contributed by atoms with van der Waals surface area (Å²) in [7, 11) is 0. The Bertz CT molecular complexity index is 320. The van der Waals surface area contributed by atoms with Crippen molar-refractivity contribution in [3.8, 4) is 0 Å². The van der Waals surface area contributed by atoms with Gasteiger partial charge in [0.1, 0.15) is 0 Å². The van der Waals surface area contributed by atoms with Crippen LogP contribution in [0.4, 0.5) is 0 Å². The van der Waals surface area contributed by atoms with Gasteiger partial charge in [-0.2, -0.15) is 0 Å². The summed E-state index contributed by atoms with van der Waals surface area (Å²) in [5, 5.41) is 21.4. The van der Waals surface area contributed by atoms with Crippen molar-refractivity contribution >= 4 is 6.08 Å². The summed E-state index contributed by atoms with van der Waals surface area (Å²) in [4.78, 5) is 0. The second-order valence-corrected chi connectivity index (χ2v) is 4.10. The smallest absolute Gasteiger partial charge is 0.0972 e. The van der Waals surface area contributed by atoms with Crippen molar-refractivity contribution in [2.75, 3.05) is 19.7 Å².